The van der Waals surface area contributed by atoms with E-state index in [1.807, 2.05) is 20.8 Å². The fraction of sp³-hybridized carbons (Fsp3) is 0.500. The maximum Gasteiger partial charge on any atom is 0.330 e. The van der Waals surface area contributed by atoms with E-state index >= 15 is 0 Å². The Bertz CT molecular complexity index is 516. The Morgan fingerprint density at radius 3 is 2.24 bits per heavy atom. The maximum absolute atomic E-state index is 12.4. The van der Waals surface area contributed by atoms with Crippen LogP contribution in [0, 0.1) is 11.8 Å². The van der Waals surface area contributed by atoms with Gasteiger partial charge in [-0.05, 0) is 25.3 Å². The van der Waals surface area contributed by atoms with Crippen LogP contribution in [0.4, 0.5) is 0 Å². The van der Waals surface area contributed by atoms with Crippen LogP contribution in [0.3, 0.4) is 0 Å². The third-order valence-electron chi connectivity index (χ3n) is 4.21. The molecule has 1 amide bonds. The second kappa shape index (κ2) is 6.26. The lowest BCUT2D eigenvalue weighted by Crippen LogP contribution is -2.41. The molecule has 2 rings (SSSR count). The SMILES string of the molecule is CC1OC(C)C(C(=O)N[C@H](C(=O)O)c2ccccc2)C1C. The summed E-state index contributed by atoms with van der Waals surface area (Å²) in [5.74, 6) is -1.60. The predicted octanol–water partition coefficient (Wildman–Crippen LogP) is 1.99. The standard InChI is InChI=1S/C16H21NO4/c1-9-10(2)21-11(3)13(9)15(18)17-14(16(19)20)12-7-5-4-6-8-12/h4-11,13-14H,1-3H3,(H,17,18)(H,19,20)/t9?,10?,11?,13?,14-/m0/s1. The minimum absolute atomic E-state index is 0.00393. The van der Waals surface area contributed by atoms with Gasteiger partial charge in [0.25, 0.3) is 0 Å². The molecule has 0 aliphatic carbocycles. The van der Waals surface area contributed by atoms with E-state index in [0.29, 0.717) is 5.56 Å². The number of nitrogens with one attached hydrogen (secondary N) is 1. The summed E-state index contributed by atoms with van der Waals surface area (Å²) < 4.78 is 5.65. The topological polar surface area (TPSA) is 75.6 Å². The van der Waals surface area contributed by atoms with Gasteiger partial charge in [0.15, 0.2) is 6.04 Å². The van der Waals surface area contributed by atoms with Crippen LogP contribution in [-0.2, 0) is 14.3 Å². The number of carbonyl (C=O) groups is 2. The highest BCUT2D eigenvalue weighted by Gasteiger charge is 2.42. The Morgan fingerprint density at radius 2 is 1.76 bits per heavy atom. The number of hydrogen-bond donors (Lipinski definition) is 2. The maximum atomic E-state index is 12.4. The molecule has 0 spiro atoms. The Balaban J connectivity index is 2.15. The van der Waals surface area contributed by atoms with Crippen LogP contribution >= 0.6 is 0 Å². The average molecular weight is 291 g/mol. The smallest absolute Gasteiger partial charge is 0.330 e. The van der Waals surface area contributed by atoms with Crippen LogP contribution in [0.15, 0.2) is 30.3 Å². The first-order chi connectivity index (χ1) is 9.91. The number of amides is 1. The first-order valence-corrected chi connectivity index (χ1v) is 7.15. The van der Waals surface area contributed by atoms with Crippen LogP contribution in [0.2, 0.25) is 0 Å². The fourth-order valence-corrected chi connectivity index (χ4v) is 2.89. The third kappa shape index (κ3) is 3.24. The van der Waals surface area contributed by atoms with Gasteiger partial charge >= 0.3 is 5.97 Å². The molecule has 114 valence electrons. The highest BCUT2D eigenvalue weighted by molar-refractivity contribution is 5.86. The molecule has 0 aromatic heterocycles. The van der Waals surface area contributed by atoms with Gasteiger partial charge in [0.2, 0.25) is 5.91 Å². The Labute approximate surface area is 124 Å². The molecule has 1 aliphatic rings. The summed E-state index contributed by atoms with van der Waals surface area (Å²) in [6.07, 6.45) is -0.212. The minimum Gasteiger partial charge on any atom is -0.479 e. The molecular formula is C16H21NO4. The van der Waals surface area contributed by atoms with Crippen molar-refractivity contribution in [3.8, 4) is 0 Å². The van der Waals surface area contributed by atoms with Crippen molar-refractivity contribution in [3.63, 3.8) is 0 Å². The molecule has 0 saturated carbocycles. The van der Waals surface area contributed by atoms with Crippen LogP contribution in [0.1, 0.15) is 32.4 Å². The Morgan fingerprint density at radius 1 is 1.14 bits per heavy atom. The number of ether oxygens (including phenoxy) is 1. The number of carbonyl (C=O) groups excluding carboxylic acids is 1. The average Bonchev–Trinajstić information content (AvgIpc) is 2.70. The summed E-state index contributed by atoms with van der Waals surface area (Å²) >= 11 is 0. The molecule has 5 nitrogen and oxygen atoms in total. The van der Waals surface area contributed by atoms with Gasteiger partial charge in [-0.15, -0.1) is 0 Å². The summed E-state index contributed by atoms with van der Waals surface area (Å²) in [6.45, 7) is 5.74. The van der Waals surface area contributed by atoms with Gasteiger partial charge in [0.1, 0.15) is 0 Å². The molecule has 0 radical (unpaired) electrons. The lowest BCUT2D eigenvalue weighted by molar-refractivity contribution is -0.143. The van der Waals surface area contributed by atoms with Crippen molar-refractivity contribution < 1.29 is 19.4 Å². The van der Waals surface area contributed by atoms with E-state index in [-0.39, 0.29) is 30.0 Å². The van der Waals surface area contributed by atoms with Crippen LogP contribution in [-0.4, -0.2) is 29.2 Å². The van der Waals surface area contributed by atoms with Crippen molar-refractivity contribution in [2.75, 3.05) is 0 Å². The molecule has 5 heteroatoms. The largest absolute Gasteiger partial charge is 0.479 e. The molecule has 1 aliphatic heterocycles. The number of benzene rings is 1. The van der Waals surface area contributed by atoms with Crippen molar-refractivity contribution in [2.45, 2.75) is 39.0 Å². The van der Waals surface area contributed by atoms with E-state index in [9.17, 15) is 14.7 Å². The molecule has 1 saturated heterocycles. The molecule has 0 bridgehead atoms. The molecule has 1 heterocycles. The predicted molar refractivity (Wildman–Crippen MR) is 77.6 cm³/mol. The highest BCUT2D eigenvalue weighted by Crippen LogP contribution is 2.32. The second-order valence-corrected chi connectivity index (χ2v) is 5.62. The van der Waals surface area contributed by atoms with Crippen molar-refractivity contribution in [1.82, 2.24) is 5.32 Å². The third-order valence-corrected chi connectivity index (χ3v) is 4.21. The molecule has 1 aromatic rings. The van der Waals surface area contributed by atoms with Crippen molar-refractivity contribution in [1.29, 1.82) is 0 Å². The van der Waals surface area contributed by atoms with E-state index in [0.717, 1.165) is 0 Å². The molecular weight excluding hydrogens is 270 g/mol. The van der Waals surface area contributed by atoms with Crippen molar-refractivity contribution in [2.24, 2.45) is 11.8 Å². The van der Waals surface area contributed by atoms with Gasteiger partial charge in [-0.1, -0.05) is 37.3 Å². The van der Waals surface area contributed by atoms with Gasteiger partial charge < -0.3 is 15.2 Å². The summed E-state index contributed by atoms with van der Waals surface area (Å²) in [7, 11) is 0. The van der Waals surface area contributed by atoms with Gasteiger partial charge in [-0.3, -0.25) is 4.79 Å². The van der Waals surface area contributed by atoms with Crippen LogP contribution in [0.5, 0.6) is 0 Å². The van der Waals surface area contributed by atoms with Crippen molar-refractivity contribution >= 4 is 11.9 Å². The number of carboxylic acid groups (broad SMARTS) is 1. The van der Waals surface area contributed by atoms with E-state index < -0.39 is 12.0 Å². The minimum atomic E-state index is -1.07. The van der Waals surface area contributed by atoms with E-state index in [1.165, 1.54) is 0 Å². The molecule has 1 fully saturated rings. The first kappa shape index (κ1) is 15.5. The molecule has 5 atom stereocenters. The number of rotatable bonds is 4. The zero-order valence-corrected chi connectivity index (χ0v) is 12.4. The zero-order valence-electron chi connectivity index (χ0n) is 12.4. The van der Waals surface area contributed by atoms with Gasteiger partial charge in [0.05, 0.1) is 18.1 Å². The summed E-state index contributed by atoms with van der Waals surface area (Å²) in [6, 6.07) is 7.67. The summed E-state index contributed by atoms with van der Waals surface area (Å²) in [5.41, 5.74) is 0.561. The lowest BCUT2D eigenvalue weighted by Gasteiger charge is -2.21. The quantitative estimate of drug-likeness (QED) is 0.889. The number of hydrogen-bond acceptors (Lipinski definition) is 3. The lowest BCUT2D eigenvalue weighted by atomic mass is 9.88. The van der Waals surface area contributed by atoms with Gasteiger partial charge in [0, 0.05) is 0 Å². The van der Waals surface area contributed by atoms with Gasteiger partial charge in [-0.25, -0.2) is 4.79 Å². The summed E-state index contributed by atoms with van der Waals surface area (Å²) in [5, 5.41) is 12.0. The van der Waals surface area contributed by atoms with Crippen LogP contribution < -0.4 is 5.32 Å². The first-order valence-electron chi connectivity index (χ1n) is 7.15. The second-order valence-electron chi connectivity index (χ2n) is 5.62. The van der Waals surface area contributed by atoms with Crippen molar-refractivity contribution in [3.05, 3.63) is 35.9 Å². The van der Waals surface area contributed by atoms with E-state index in [2.05, 4.69) is 5.32 Å². The monoisotopic (exact) mass is 291 g/mol. The van der Waals surface area contributed by atoms with Gasteiger partial charge in [-0.2, -0.15) is 0 Å². The van der Waals surface area contributed by atoms with E-state index in [4.69, 9.17) is 4.74 Å². The van der Waals surface area contributed by atoms with Crippen LogP contribution in [0.25, 0.3) is 0 Å². The Kier molecular flexibility index (Phi) is 4.63. The normalized spacial score (nSPS) is 29.9. The van der Waals surface area contributed by atoms with E-state index in [1.54, 1.807) is 30.3 Å². The number of carboxylic acids is 1. The molecule has 4 unspecified atom stereocenters. The number of aliphatic carboxylic acids is 1. The zero-order chi connectivity index (χ0) is 15.6. The molecule has 21 heavy (non-hydrogen) atoms. The summed E-state index contributed by atoms with van der Waals surface area (Å²) in [4.78, 5) is 23.9. The fourth-order valence-electron chi connectivity index (χ4n) is 2.89. The molecule has 1 aromatic carbocycles. The molecule has 2 N–H and O–H groups in total. The highest BCUT2D eigenvalue weighted by atomic mass is 16.5. The Hall–Kier alpha value is -1.88.